The Morgan fingerprint density at radius 2 is 2.22 bits per heavy atom. The lowest BCUT2D eigenvalue weighted by Crippen LogP contribution is -2.23. The van der Waals surface area contributed by atoms with E-state index in [0.717, 1.165) is 23.2 Å². The van der Waals surface area contributed by atoms with Crippen LogP contribution in [0.4, 0.5) is 0 Å². The molecule has 0 saturated heterocycles. The van der Waals surface area contributed by atoms with Crippen LogP contribution in [-0.2, 0) is 6.42 Å². The van der Waals surface area contributed by atoms with E-state index in [1.54, 1.807) is 6.26 Å². The molecule has 0 fully saturated rings. The van der Waals surface area contributed by atoms with Crippen LogP contribution < -0.4 is 5.32 Å². The third kappa shape index (κ3) is 3.59. The summed E-state index contributed by atoms with van der Waals surface area (Å²) in [5, 5.41) is 3.51. The topological polar surface area (TPSA) is 25.2 Å². The molecule has 0 radical (unpaired) electrons. The lowest BCUT2D eigenvalue weighted by molar-refractivity contribution is 0.454. The Morgan fingerprint density at radius 1 is 1.39 bits per heavy atom. The summed E-state index contributed by atoms with van der Waals surface area (Å²) < 4.78 is 7.83. The molecule has 2 nitrogen and oxygen atoms in total. The second-order valence-electron chi connectivity index (χ2n) is 4.06. The van der Waals surface area contributed by atoms with Gasteiger partial charge >= 0.3 is 0 Å². The van der Waals surface area contributed by atoms with Gasteiger partial charge in [-0.25, -0.2) is 0 Å². The second kappa shape index (κ2) is 6.73. The molecule has 1 atom stereocenters. The average molecular weight is 420 g/mol. The van der Waals surface area contributed by atoms with Gasteiger partial charge in [-0.05, 0) is 65.0 Å². The molecule has 1 N–H and O–H groups in total. The first-order chi connectivity index (χ1) is 8.70. The van der Waals surface area contributed by atoms with Crippen LogP contribution in [0.2, 0.25) is 0 Å². The zero-order chi connectivity index (χ0) is 13.0. The monoisotopic (exact) mass is 419 g/mol. The summed E-state index contributed by atoms with van der Waals surface area (Å²) in [6, 6.07) is 10.6. The van der Waals surface area contributed by atoms with Gasteiger partial charge in [0, 0.05) is 20.5 Å². The van der Waals surface area contributed by atoms with Crippen molar-refractivity contribution in [1.29, 1.82) is 0 Å². The summed E-state index contributed by atoms with van der Waals surface area (Å²) in [6.45, 7) is 3.06. The summed E-state index contributed by atoms with van der Waals surface area (Å²) in [5.41, 5.74) is 1.28. The van der Waals surface area contributed by atoms with Crippen molar-refractivity contribution in [2.24, 2.45) is 0 Å². The summed E-state index contributed by atoms with van der Waals surface area (Å²) >= 11 is 5.97. The summed E-state index contributed by atoms with van der Waals surface area (Å²) in [5.74, 6) is 1.01. The van der Waals surface area contributed by atoms with E-state index in [1.807, 2.05) is 12.1 Å². The van der Waals surface area contributed by atoms with Crippen LogP contribution in [0.3, 0.4) is 0 Å². The molecule has 1 unspecified atom stereocenters. The van der Waals surface area contributed by atoms with Crippen molar-refractivity contribution < 1.29 is 4.42 Å². The average Bonchev–Trinajstić information content (AvgIpc) is 2.85. The maximum absolute atomic E-state index is 5.44. The maximum atomic E-state index is 5.44. The maximum Gasteiger partial charge on any atom is 0.105 e. The molecule has 2 aromatic rings. The fourth-order valence-electron chi connectivity index (χ4n) is 1.95. The zero-order valence-corrected chi connectivity index (χ0v) is 13.9. The number of halogens is 2. The molecular weight excluding hydrogens is 405 g/mol. The summed E-state index contributed by atoms with van der Waals surface area (Å²) in [6.07, 6.45) is 2.58. The molecule has 2 rings (SSSR count). The fourth-order valence-corrected chi connectivity index (χ4v) is 2.99. The molecule has 4 heteroatoms. The van der Waals surface area contributed by atoms with Gasteiger partial charge < -0.3 is 9.73 Å². The molecule has 96 valence electrons. The van der Waals surface area contributed by atoms with Gasteiger partial charge in [0.05, 0.1) is 6.26 Å². The smallest absolute Gasteiger partial charge is 0.105 e. The van der Waals surface area contributed by atoms with Crippen LogP contribution in [0.15, 0.2) is 45.5 Å². The lowest BCUT2D eigenvalue weighted by atomic mass is 10.0. The van der Waals surface area contributed by atoms with Crippen LogP contribution in [0.1, 0.15) is 24.3 Å². The summed E-state index contributed by atoms with van der Waals surface area (Å²) in [7, 11) is 0. The van der Waals surface area contributed by atoms with Crippen molar-refractivity contribution in [3.63, 3.8) is 0 Å². The quantitative estimate of drug-likeness (QED) is 0.719. The van der Waals surface area contributed by atoms with Gasteiger partial charge in [0.1, 0.15) is 5.76 Å². The number of likely N-dealkylation sites (N-methyl/N-ethyl adjacent to an activating group) is 1. The van der Waals surface area contributed by atoms with Crippen LogP contribution >= 0.6 is 38.5 Å². The van der Waals surface area contributed by atoms with Gasteiger partial charge in [-0.15, -0.1) is 0 Å². The number of hydrogen-bond acceptors (Lipinski definition) is 2. The van der Waals surface area contributed by atoms with Gasteiger partial charge in [0.25, 0.3) is 0 Å². The molecule has 0 spiro atoms. The van der Waals surface area contributed by atoms with Crippen LogP contribution in [0.25, 0.3) is 0 Å². The van der Waals surface area contributed by atoms with Gasteiger partial charge in [0.2, 0.25) is 0 Å². The van der Waals surface area contributed by atoms with Crippen LogP contribution in [-0.4, -0.2) is 6.54 Å². The van der Waals surface area contributed by atoms with Gasteiger partial charge in [-0.2, -0.15) is 0 Å². The molecule has 18 heavy (non-hydrogen) atoms. The molecular formula is C14H15BrINO. The summed E-state index contributed by atoms with van der Waals surface area (Å²) in [4.78, 5) is 0. The highest BCUT2D eigenvalue weighted by Crippen LogP contribution is 2.28. The van der Waals surface area contributed by atoms with Crippen molar-refractivity contribution in [3.8, 4) is 0 Å². The number of furan rings is 1. The Morgan fingerprint density at radius 3 is 2.89 bits per heavy atom. The van der Waals surface area contributed by atoms with E-state index in [4.69, 9.17) is 4.42 Å². The van der Waals surface area contributed by atoms with E-state index < -0.39 is 0 Å². The van der Waals surface area contributed by atoms with Gasteiger partial charge in [-0.3, -0.25) is 0 Å². The number of nitrogens with one attached hydrogen (secondary N) is 1. The Balaban J connectivity index is 2.26. The minimum Gasteiger partial charge on any atom is -0.469 e. The van der Waals surface area contributed by atoms with Crippen molar-refractivity contribution in [1.82, 2.24) is 5.32 Å². The van der Waals surface area contributed by atoms with Gasteiger partial charge in [0.15, 0.2) is 0 Å². The molecule has 1 heterocycles. The fraction of sp³-hybridized carbons (Fsp3) is 0.286. The third-order valence-electron chi connectivity index (χ3n) is 2.77. The number of rotatable bonds is 5. The normalized spacial score (nSPS) is 12.6. The minimum atomic E-state index is 0.269. The zero-order valence-electron chi connectivity index (χ0n) is 10.1. The molecule has 0 amide bonds. The predicted octanol–water partition coefficient (Wildman–Crippen LogP) is 4.54. The molecule has 0 bridgehead atoms. The Bertz CT molecular complexity index is 499. The highest BCUT2D eigenvalue weighted by molar-refractivity contribution is 14.1. The molecule has 0 aliphatic carbocycles. The first-order valence-electron chi connectivity index (χ1n) is 5.91. The van der Waals surface area contributed by atoms with Crippen molar-refractivity contribution >= 4 is 38.5 Å². The predicted molar refractivity (Wildman–Crippen MR) is 85.7 cm³/mol. The van der Waals surface area contributed by atoms with Crippen molar-refractivity contribution in [3.05, 3.63) is 56.0 Å². The number of hydrogen-bond donors (Lipinski definition) is 1. The van der Waals surface area contributed by atoms with E-state index >= 15 is 0 Å². The molecule has 1 aromatic carbocycles. The first kappa shape index (κ1) is 14.1. The van der Waals surface area contributed by atoms with E-state index in [-0.39, 0.29) is 6.04 Å². The van der Waals surface area contributed by atoms with Crippen molar-refractivity contribution in [2.45, 2.75) is 19.4 Å². The highest BCUT2D eigenvalue weighted by atomic mass is 127. The molecule has 1 aromatic heterocycles. The molecule has 0 aliphatic heterocycles. The van der Waals surface area contributed by atoms with E-state index in [1.165, 1.54) is 9.13 Å². The SMILES string of the molecule is CCNC(Cc1ccco1)c1cc(I)ccc1Br. The minimum absolute atomic E-state index is 0.269. The number of benzene rings is 1. The van der Waals surface area contributed by atoms with E-state index in [0.29, 0.717) is 0 Å². The van der Waals surface area contributed by atoms with Crippen molar-refractivity contribution in [2.75, 3.05) is 6.54 Å². The van der Waals surface area contributed by atoms with E-state index in [9.17, 15) is 0 Å². The lowest BCUT2D eigenvalue weighted by Gasteiger charge is -2.19. The first-order valence-corrected chi connectivity index (χ1v) is 7.78. The van der Waals surface area contributed by atoms with Gasteiger partial charge in [-0.1, -0.05) is 22.9 Å². The Hall–Kier alpha value is -0.330. The van der Waals surface area contributed by atoms with Crippen LogP contribution in [0.5, 0.6) is 0 Å². The van der Waals surface area contributed by atoms with Crippen LogP contribution in [0, 0.1) is 3.57 Å². The largest absolute Gasteiger partial charge is 0.469 e. The highest BCUT2D eigenvalue weighted by Gasteiger charge is 2.15. The molecule has 0 aliphatic rings. The van der Waals surface area contributed by atoms with E-state index in [2.05, 4.69) is 69.0 Å². The Kier molecular flexibility index (Phi) is 5.26. The molecule has 0 saturated carbocycles. The Labute approximate surface area is 129 Å². The second-order valence-corrected chi connectivity index (χ2v) is 6.16. The standard InChI is InChI=1S/C14H15BrINO/c1-2-17-14(9-11-4-3-7-18-11)12-8-10(16)5-6-13(12)15/h3-8,14,17H,2,9H2,1H3. The third-order valence-corrected chi connectivity index (χ3v) is 4.16.